The second-order valence-corrected chi connectivity index (χ2v) is 6.14. The zero-order chi connectivity index (χ0) is 14.7. The van der Waals surface area contributed by atoms with Crippen molar-refractivity contribution in [1.82, 2.24) is 0 Å². The van der Waals surface area contributed by atoms with E-state index >= 15 is 0 Å². The number of aryl methyl sites for hydroxylation is 1. The highest BCUT2D eigenvalue weighted by molar-refractivity contribution is 9.10. The molecule has 2 aromatic carbocycles. The minimum atomic E-state index is -0.369. The fourth-order valence-electron chi connectivity index (χ4n) is 1.81. The molecule has 1 N–H and O–H groups in total. The maximum Gasteiger partial charge on any atom is 0.275 e. The van der Waals surface area contributed by atoms with E-state index in [1.54, 1.807) is 12.1 Å². The highest BCUT2D eigenvalue weighted by Crippen LogP contribution is 2.27. The Morgan fingerprint density at radius 3 is 2.60 bits per heavy atom. The molecule has 0 aliphatic heterocycles. The summed E-state index contributed by atoms with van der Waals surface area (Å²) in [5.41, 5.74) is 2.81. The normalized spacial score (nSPS) is 10.3. The molecule has 20 heavy (non-hydrogen) atoms. The zero-order valence-electron chi connectivity index (χ0n) is 10.7. The fourth-order valence-corrected chi connectivity index (χ4v) is 2.79. The van der Waals surface area contributed by atoms with Crippen LogP contribution in [0.2, 0.25) is 0 Å². The molecule has 0 fully saturated rings. The molecule has 2 rings (SSSR count). The summed E-state index contributed by atoms with van der Waals surface area (Å²) in [5, 5.41) is 14.2. The van der Waals surface area contributed by atoms with Gasteiger partial charge in [-0.25, -0.2) is 0 Å². The predicted octanol–water partition coefficient (Wildman–Crippen LogP) is 5.04. The van der Waals surface area contributed by atoms with Crippen molar-refractivity contribution >= 4 is 43.2 Å². The lowest BCUT2D eigenvalue weighted by Gasteiger charge is -2.10. The molecule has 0 aliphatic rings. The molecule has 4 nitrogen and oxygen atoms in total. The second-order valence-electron chi connectivity index (χ2n) is 4.37. The van der Waals surface area contributed by atoms with Crippen LogP contribution in [-0.2, 0) is 6.54 Å². The summed E-state index contributed by atoms with van der Waals surface area (Å²) in [4.78, 5) is 10.7. The van der Waals surface area contributed by atoms with Crippen LogP contribution >= 0.6 is 31.9 Å². The molecule has 0 atom stereocenters. The summed E-state index contributed by atoms with van der Waals surface area (Å²) in [7, 11) is 0. The van der Waals surface area contributed by atoms with Gasteiger partial charge in [0.15, 0.2) is 0 Å². The maximum atomic E-state index is 11.0. The van der Waals surface area contributed by atoms with E-state index in [1.807, 2.05) is 25.1 Å². The maximum absolute atomic E-state index is 11.0. The van der Waals surface area contributed by atoms with Gasteiger partial charge in [0.05, 0.1) is 4.92 Å². The molecule has 0 aromatic heterocycles. The van der Waals surface area contributed by atoms with Gasteiger partial charge in [-0.05, 0) is 52.7 Å². The number of rotatable bonds is 4. The van der Waals surface area contributed by atoms with E-state index in [0.29, 0.717) is 16.6 Å². The summed E-state index contributed by atoms with van der Waals surface area (Å²) in [6, 6.07) is 11.0. The number of hydrogen-bond acceptors (Lipinski definition) is 3. The lowest BCUT2D eigenvalue weighted by atomic mass is 10.1. The van der Waals surface area contributed by atoms with Crippen LogP contribution in [0.4, 0.5) is 11.4 Å². The topological polar surface area (TPSA) is 55.2 Å². The Morgan fingerprint density at radius 2 is 1.95 bits per heavy atom. The number of nitrogens with one attached hydrogen (secondary N) is 1. The number of benzene rings is 2. The van der Waals surface area contributed by atoms with Crippen molar-refractivity contribution in [3.63, 3.8) is 0 Å². The van der Waals surface area contributed by atoms with Crippen molar-refractivity contribution < 1.29 is 4.92 Å². The van der Waals surface area contributed by atoms with E-state index in [0.717, 1.165) is 15.7 Å². The lowest BCUT2D eigenvalue weighted by Crippen LogP contribution is -2.03. The largest absolute Gasteiger partial charge is 0.380 e. The summed E-state index contributed by atoms with van der Waals surface area (Å²) in [6.45, 7) is 2.40. The predicted molar refractivity (Wildman–Crippen MR) is 87.0 cm³/mol. The smallest absolute Gasteiger partial charge is 0.275 e. The van der Waals surface area contributed by atoms with Crippen molar-refractivity contribution in [2.45, 2.75) is 13.5 Å². The van der Waals surface area contributed by atoms with Gasteiger partial charge in [-0.3, -0.25) is 10.1 Å². The molecule has 0 radical (unpaired) electrons. The van der Waals surface area contributed by atoms with Crippen LogP contribution in [0.3, 0.4) is 0 Å². The molecule has 0 saturated heterocycles. The third kappa shape index (κ3) is 3.58. The standard InChI is InChI=1S/C14H12Br2N2O2/c1-9-2-5-13(12(16)6-9)17-8-10-3-4-11(15)7-14(10)18(19)20/h2-7,17H,8H2,1H3. The Morgan fingerprint density at radius 1 is 1.20 bits per heavy atom. The molecule has 6 heteroatoms. The van der Waals surface area contributed by atoms with Crippen LogP contribution in [0.1, 0.15) is 11.1 Å². The molecule has 0 heterocycles. The number of nitro groups is 1. The van der Waals surface area contributed by atoms with Gasteiger partial charge in [-0.15, -0.1) is 0 Å². The van der Waals surface area contributed by atoms with Crippen LogP contribution in [-0.4, -0.2) is 4.92 Å². The molecule has 0 saturated carbocycles. The van der Waals surface area contributed by atoms with Gasteiger partial charge in [0, 0.05) is 32.8 Å². The molecule has 0 unspecified atom stereocenters. The number of nitrogens with zero attached hydrogens (tertiary/aromatic N) is 1. The number of hydrogen-bond donors (Lipinski definition) is 1. The molecule has 0 bridgehead atoms. The SMILES string of the molecule is Cc1ccc(NCc2ccc(Br)cc2[N+](=O)[O-])c(Br)c1. The van der Waals surface area contributed by atoms with Crippen LogP contribution in [0.5, 0.6) is 0 Å². The third-order valence-corrected chi connectivity index (χ3v) is 3.99. The molecular weight excluding hydrogens is 388 g/mol. The number of nitro benzene ring substituents is 1. The van der Waals surface area contributed by atoms with E-state index in [1.165, 1.54) is 6.07 Å². The molecule has 2 aromatic rings. The van der Waals surface area contributed by atoms with Crippen LogP contribution < -0.4 is 5.32 Å². The number of halogens is 2. The van der Waals surface area contributed by atoms with E-state index in [4.69, 9.17) is 0 Å². The second kappa shape index (κ2) is 6.37. The van der Waals surface area contributed by atoms with Gasteiger partial charge < -0.3 is 5.32 Å². The van der Waals surface area contributed by atoms with Crippen LogP contribution in [0.15, 0.2) is 45.3 Å². The highest BCUT2D eigenvalue weighted by Gasteiger charge is 2.14. The summed E-state index contributed by atoms with van der Waals surface area (Å²) in [6.07, 6.45) is 0. The Kier molecular flexibility index (Phi) is 4.77. The van der Waals surface area contributed by atoms with E-state index in [9.17, 15) is 10.1 Å². The minimum Gasteiger partial charge on any atom is -0.380 e. The molecule has 104 valence electrons. The lowest BCUT2D eigenvalue weighted by molar-refractivity contribution is -0.385. The monoisotopic (exact) mass is 398 g/mol. The van der Waals surface area contributed by atoms with E-state index < -0.39 is 0 Å². The third-order valence-electron chi connectivity index (χ3n) is 2.84. The van der Waals surface area contributed by atoms with E-state index in [-0.39, 0.29) is 10.6 Å². The van der Waals surface area contributed by atoms with Gasteiger partial charge in [0.1, 0.15) is 0 Å². The summed E-state index contributed by atoms with van der Waals surface area (Å²) >= 11 is 6.72. The molecular formula is C14H12Br2N2O2. The Bertz CT molecular complexity index is 660. The first-order valence-corrected chi connectivity index (χ1v) is 7.49. The first-order chi connectivity index (χ1) is 9.47. The van der Waals surface area contributed by atoms with Crippen molar-refractivity contribution in [2.75, 3.05) is 5.32 Å². The average Bonchev–Trinajstić information content (AvgIpc) is 2.38. The quantitative estimate of drug-likeness (QED) is 0.578. The summed E-state index contributed by atoms with van der Waals surface area (Å²) in [5.74, 6) is 0. The summed E-state index contributed by atoms with van der Waals surface area (Å²) < 4.78 is 1.64. The van der Waals surface area contributed by atoms with Crippen LogP contribution in [0.25, 0.3) is 0 Å². The van der Waals surface area contributed by atoms with Gasteiger partial charge in [-0.2, -0.15) is 0 Å². The minimum absolute atomic E-state index is 0.107. The first kappa shape index (κ1) is 15.0. The van der Waals surface area contributed by atoms with Crippen molar-refractivity contribution in [2.24, 2.45) is 0 Å². The van der Waals surface area contributed by atoms with Crippen LogP contribution in [0, 0.1) is 17.0 Å². The molecule has 0 amide bonds. The Labute approximate surface area is 133 Å². The molecule has 0 spiro atoms. The Balaban J connectivity index is 2.20. The van der Waals surface area contributed by atoms with Gasteiger partial charge in [-0.1, -0.05) is 22.0 Å². The van der Waals surface area contributed by atoms with Crippen molar-refractivity contribution in [1.29, 1.82) is 0 Å². The van der Waals surface area contributed by atoms with Gasteiger partial charge >= 0.3 is 0 Å². The Hall–Kier alpha value is -1.40. The van der Waals surface area contributed by atoms with E-state index in [2.05, 4.69) is 37.2 Å². The van der Waals surface area contributed by atoms with Gasteiger partial charge in [0.2, 0.25) is 0 Å². The fraction of sp³-hybridized carbons (Fsp3) is 0.143. The zero-order valence-corrected chi connectivity index (χ0v) is 13.9. The number of anilines is 1. The molecule has 0 aliphatic carbocycles. The van der Waals surface area contributed by atoms with Crippen molar-refractivity contribution in [3.05, 3.63) is 66.6 Å². The average molecular weight is 400 g/mol. The van der Waals surface area contributed by atoms with Crippen molar-refractivity contribution in [3.8, 4) is 0 Å². The first-order valence-electron chi connectivity index (χ1n) is 5.90. The van der Waals surface area contributed by atoms with Gasteiger partial charge in [0.25, 0.3) is 5.69 Å². The highest BCUT2D eigenvalue weighted by atomic mass is 79.9.